The number of ether oxygens (including phenoxy) is 2. The number of benzene rings is 1. The molecule has 0 aromatic heterocycles. The molecule has 10 heteroatoms. The van der Waals surface area contributed by atoms with E-state index in [2.05, 4.69) is 0 Å². The molecule has 1 N–H and O–H groups in total. The summed E-state index contributed by atoms with van der Waals surface area (Å²) in [4.78, 5) is 38.4. The predicted octanol–water partition coefficient (Wildman–Crippen LogP) is 0.747. The molecule has 1 aromatic rings. The number of aliphatic carboxylic acids is 1. The summed E-state index contributed by atoms with van der Waals surface area (Å²) in [6.45, 7) is 2.43. The predicted molar refractivity (Wildman–Crippen MR) is 94.0 cm³/mol. The van der Waals surface area contributed by atoms with Gasteiger partial charge in [0.25, 0.3) is 11.6 Å². The molecule has 1 amide bonds. The number of carbonyl (C=O) groups excluding carboxylic acids is 1. The normalized spacial score (nSPS) is 20.4. The third kappa shape index (κ3) is 4.34. The molecule has 0 saturated carbocycles. The molecule has 2 aliphatic heterocycles. The molecule has 1 aromatic carbocycles. The zero-order valence-electron chi connectivity index (χ0n) is 14.7. The number of nitro benzene ring substituents is 1. The van der Waals surface area contributed by atoms with Crippen LogP contribution in [0.2, 0.25) is 0 Å². The number of carboxylic acid groups (broad SMARTS) is 1. The summed E-state index contributed by atoms with van der Waals surface area (Å²) in [5, 5.41) is 20.5. The molecule has 10 nitrogen and oxygen atoms in total. The Morgan fingerprint density at radius 3 is 2.63 bits per heavy atom. The highest BCUT2D eigenvalue weighted by atomic mass is 16.6. The molecular formula is C17H21N3O7. The zero-order valence-corrected chi connectivity index (χ0v) is 14.7. The highest BCUT2D eigenvalue weighted by Crippen LogP contribution is 2.33. The smallest absolute Gasteiger partial charge is 0.306 e. The lowest BCUT2D eigenvalue weighted by atomic mass is 10.1. The van der Waals surface area contributed by atoms with Crippen LogP contribution in [-0.2, 0) is 14.3 Å². The van der Waals surface area contributed by atoms with Crippen molar-refractivity contribution < 1.29 is 29.1 Å². The lowest BCUT2D eigenvalue weighted by molar-refractivity contribution is -0.384. The standard InChI is InChI=1S/C17H21N3O7/c21-15(22)10-12-11-19(6-9-27-12)17(23)13-2-1-3-14(20(24)25)16(13)18-4-7-26-8-5-18/h1-3,12H,4-11H2,(H,21,22). The van der Waals surface area contributed by atoms with Gasteiger partial charge in [0, 0.05) is 32.2 Å². The summed E-state index contributed by atoms with van der Waals surface area (Å²) in [6, 6.07) is 4.44. The molecule has 0 aliphatic carbocycles. The van der Waals surface area contributed by atoms with Crippen molar-refractivity contribution in [2.24, 2.45) is 0 Å². The lowest BCUT2D eigenvalue weighted by Gasteiger charge is -2.34. The fourth-order valence-corrected chi connectivity index (χ4v) is 3.36. The monoisotopic (exact) mass is 379 g/mol. The number of para-hydroxylation sites is 1. The van der Waals surface area contributed by atoms with Gasteiger partial charge in [0.1, 0.15) is 5.69 Å². The molecule has 2 fully saturated rings. The van der Waals surface area contributed by atoms with Crippen LogP contribution < -0.4 is 4.90 Å². The molecule has 146 valence electrons. The Hall–Kier alpha value is -2.72. The van der Waals surface area contributed by atoms with Crippen molar-refractivity contribution >= 4 is 23.3 Å². The van der Waals surface area contributed by atoms with Crippen LogP contribution in [0.3, 0.4) is 0 Å². The minimum absolute atomic E-state index is 0.127. The number of carbonyl (C=O) groups is 2. The Labute approximate surface area is 155 Å². The average Bonchev–Trinajstić information content (AvgIpc) is 2.67. The van der Waals surface area contributed by atoms with E-state index in [0.717, 1.165) is 0 Å². The summed E-state index contributed by atoms with van der Waals surface area (Å²) in [5.74, 6) is -1.36. The molecule has 0 spiro atoms. The molecule has 1 unspecified atom stereocenters. The lowest BCUT2D eigenvalue weighted by Crippen LogP contribution is -2.47. The van der Waals surface area contributed by atoms with Gasteiger partial charge in [0.15, 0.2) is 0 Å². The van der Waals surface area contributed by atoms with E-state index in [1.807, 2.05) is 0 Å². The first-order valence-corrected chi connectivity index (χ1v) is 8.70. The van der Waals surface area contributed by atoms with Gasteiger partial charge >= 0.3 is 5.97 Å². The van der Waals surface area contributed by atoms with Crippen LogP contribution in [0.15, 0.2) is 18.2 Å². The fraction of sp³-hybridized carbons (Fsp3) is 0.529. The van der Waals surface area contributed by atoms with Crippen molar-refractivity contribution in [2.75, 3.05) is 50.9 Å². The molecule has 3 rings (SSSR count). The van der Waals surface area contributed by atoms with E-state index in [9.17, 15) is 19.7 Å². The SMILES string of the molecule is O=C(O)CC1CN(C(=O)c2cccc([N+](=O)[O-])c2N2CCOCC2)CCO1. The second kappa shape index (κ2) is 8.31. The third-order valence-corrected chi connectivity index (χ3v) is 4.60. The van der Waals surface area contributed by atoms with E-state index >= 15 is 0 Å². The molecule has 1 atom stereocenters. The highest BCUT2D eigenvalue weighted by Gasteiger charge is 2.32. The zero-order chi connectivity index (χ0) is 19.4. The third-order valence-electron chi connectivity index (χ3n) is 4.60. The number of carboxylic acids is 1. The topological polar surface area (TPSA) is 122 Å². The molecule has 2 aliphatic rings. The van der Waals surface area contributed by atoms with Crippen LogP contribution in [0.1, 0.15) is 16.8 Å². The Balaban J connectivity index is 1.90. The largest absolute Gasteiger partial charge is 0.481 e. The second-order valence-electron chi connectivity index (χ2n) is 6.37. The van der Waals surface area contributed by atoms with Crippen molar-refractivity contribution in [3.8, 4) is 0 Å². The number of amides is 1. The minimum atomic E-state index is -1.00. The van der Waals surface area contributed by atoms with Crippen LogP contribution in [0.4, 0.5) is 11.4 Å². The number of nitro groups is 1. The van der Waals surface area contributed by atoms with E-state index in [1.54, 1.807) is 11.0 Å². The first kappa shape index (κ1) is 19.1. The van der Waals surface area contributed by atoms with Crippen molar-refractivity contribution in [1.82, 2.24) is 4.90 Å². The fourth-order valence-electron chi connectivity index (χ4n) is 3.36. The Kier molecular flexibility index (Phi) is 5.87. The van der Waals surface area contributed by atoms with Crippen LogP contribution in [0.5, 0.6) is 0 Å². The van der Waals surface area contributed by atoms with Crippen LogP contribution in [-0.4, -0.2) is 78.9 Å². The van der Waals surface area contributed by atoms with E-state index in [1.165, 1.54) is 17.0 Å². The van der Waals surface area contributed by atoms with Gasteiger partial charge < -0.3 is 24.4 Å². The number of rotatable bonds is 5. The summed E-state index contributed by atoms with van der Waals surface area (Å²) >= 11 is 0. The van der Waals surface area contributed by atoms with E-state index < -0.39 is 17.0 Å². The maximum absolute atomic E-state index is 13.1. The number of hydrogen-bond donors (Lipinski definition) is 1. The molecule has 27 heavy (non-hydrogen) atoms. The van der Waals surface area contributed by atoms with Crippen molar-refractivity contribution in [2.45, 2.75) is 12.5 Å². The first-order chi connectivity index (χ1) is 13.0. The number of hydrogen-bond acceptors (Lipinski definition) is 7. The molecule has 0 radical (unpaired) electrons. The van der Waals surface area contributed by atoms with Gasteiger partial charge in [0.2, 0.25) is 0 Å². The number of anilines is 1. The van der Waals surface area contributed by atoms with E-state index in [0.29, 0.717) is 32.8 Å². The Morgan fingerprint density at radius 1 is 1.22 bits per heavy atom. The summed E-state index contributed by atoms with van der Waals surface area (Å²) in [6.07, 6.45) is -0.791. The number of morpholine rings is 2. The Bertz CT molecular complexity index is 733. The van der Waals surface area contributed by atoms with Crippen LogP contribution in [0, 0.1) is 10.1 Å². The summed E-state index contributed by atoms with van der Waals surface area (Å²) in [5.41, 5.74) is 0.400. The van der Waals surface area contributed by atoms with Gasteiger partial charge in [-0.25, -0.2) is 0 Å². The minimum Gasteiger partial charge on any atom is -0.481 e. The average molecular weight is 379 g/mol. The van der Waals surface area contributed by atoms with Crippen molar-refractivity contribution in [3.63, 3.8) is 0 Å². The van der Waals surface area contributed by atoms with Gasteiger partial charge in [0.05, 0.1) is 42.8 Å². The van der Waals surface area contributed by atoms with Crippen molar-refractivity contribution in [1.29, 1.82) is 0 Å². The maximum Gasteiger partial charge on any atom is 0.306 e. The van der Waals surface area contributed by atoms with E-state index in [-0.39, 0.29) is 42.4 Å². The molecule has 2 heterocycles. The number of nitrogens with zero attached hydrogens (tertiary/aromatic N) is 3. The summed E-state index contributed by atoms with van der Waals surface area (Å²) < 4.78 is 10.7. The van der Waals surface area contributed by atoms with Crippen LogP contribution >= 0.6 is 0 Å². The highest BCUT2D eigenvalue weighted by molar-refractivity contribution is 6.02. The Morgan fingerprint density at radius 2 is 1.96 bits per heavy atom. The first-order valence-electron chi connectivity index (χ1n) is 8.70. The van der Waals surface area contributed by atoms with Gasteiger partial charge in [-0.3, -0.25) is 19.7 Å². The second-order valence-corrected chi connectivity index (χ2v) is 6.37. The quantitative estimate of drug-likeness (QED) is 0.587. The summed E-state index contributed by atoms with van der Waals surface area (Å²) in [7, 11) is 0. The van der Waals surface area contributed by atoms with E-state index in [4.69, 9.17) is 14.6 Å². The van der Waals surface area contributed by atoms with Gasteiger partial charge in [-0.05, 0) is 6.07 Å². The van der Waals surface area contributed by atoms with Gasteiger partial charge in [-0.1, -0.05) is 6.07 Å². The molecule has 2 saturated heterocycles. The molecular weight excluding hydrogens is 358 g/mol. The van der Waals surface area contributed by atoms with Gasteiger partial charge in [-0.15, -0.1) is 0 Å². The van der Waals surface area contributed by atoms with Gasteiger partial charge in [-0.2, -0.15) is 0 Å². The molecule has 0 bridgehead atoms. The van der Waals surface area contributed by atoms with Crippen molar-refractivity contribution in [3.05, 3.63) is 33.9 Å². The van der Waals surface area contributed by atoms with Crippen LogP contribution in [0.25, 0.3) is 0 Å². The maximum atomic E-state index is 13.1.